The first-order valence-corrected chi connectivity index (χ1v) is 6.78. The van der Waals surface area contributed by atoms with Gasteiger partial charge < -0.3 is 10.0 Å². The number of carboxylic acids is 1. The van der Waals surface area contributed by atoms with E-state index in [0.717, 1.165) is 30.4 Å². The molecule has 2 atom stereocenters. The van der Waals surface area contributed by atoms with Crippen LogP contribution in [0, 0.1) is 5.92 Å². The van der Waals surface area contributed by atoms with Crippen molar-refractivity contribution in [1.82, 2.24) is 4.90 Å². The molecule has 19 heavy (non-hydrogen) atoms. The molecule has 1 saturated heterocycles. The zero-order valence-electron chi connectivity index (χ0n) is 10.7. The van der Waals surface area contributed by atoms with E-state index in [2.05, 4.69) is 0 Å². The number of hydrogen-bond donors (Lipinski definition) is 1. The Kier molecular flexibility index (Phi) is 3.01. The van der Waals surface area contributed by atoms with Gasteiger partial charge in [0.1, 0.15) is 0 Å². The van der Waals surface area contributed by atoms with Crippen LogP contribution >= 0.6 is 0 Å². The Balaban J connectivity index is 1.92. The maximum Gasteiger partial charge on any atom is 0.308 e. The second kappa shape index (κ2) is 4.68. The smallest absolute Gasteiger partial charge is 0.308 e. The molecule has 1 aromatic carbocycles. The first-order chi connectivity index (χ1) is 9.16. The fourth-order valence-corrected chi connectivity index (χ4v) is 3.20. The summed E-state index contributed by atoms with van der Waals surface area (Å²) >= 11 is 0. The SMILES string of the molecule is O=C(O)[C@H]1CC[C@H]2CCc3ccccc3C(=O)N2C1. The summed E-state index contributed by atoms with van der Waals surface area (Å²) in [6, 6.07) is 7.88. The van der Waals surface area contributed by atoms with Gasteiger partial charge in [-0.25, -0.2) is 0 Å². The van der Waals surface area contributed by atoms with Crippen LogP contribution in [0.3, 0.4) is 0 Å². The second-order valence-corrected chi connectivity index (χ2v) is 5.42. The third-order valence-electron chi connectivity index (χ3n) is 4.31. The molecule has 4 heteroatoms. The van der Waals surface area contributed by atoms with Crippen molar-refractivity contribution in [2.45, 2.75) is 31.7 Å². The van der Waals surface area contributed by atoms with E-state index in [-0.39, 0.29) is 11.9 Å². The molecule has 0 spiro atoms. The second-order valence-electron chi connectivity index (χ2n) is 5.42. The molecule has 2 aliphatic heterocycles. The van der Waals surface area contributed by atoms with Crippen LogP contribution in [-0.2, 0) is 11.2 Å². The largest absolute Gasteiger partial charge is 0.481 e. The topological polar surface area (TPSA) is 57.6 Å². The minimum atomic E-state index is -0.788. The van der Waals surface area contributed by atoms with Crippen LogP contribution in [0.25, 0.3) is 0 Å². The molecule has 1 aromatic rings. The summed E-state index contributed by atoms with van der Waals surface area (Å²) < 4.78 is 0. The number of rotatable bonds is 1. The molecule has 0 unspecified atom stereocenters. The Morgan fingerprint density at radius 1 is 1.21 bits per heavy atom. The summed E-state index contributed by atoms with van der Waals surface area (Å²) in [5.41, 5.74) is 1.84. The van der Waals surface area contributed by atoms with Crippen LogP contribution in [0.5, 0.6) is 0 Å². The van der Waals surface area contributed by atoms with E-state index in [4.69, 9.17) is 5.11 Å². The van der Waals surface area contributed by atoms with E-state index in [1.807, 2.05) is 24.3 Å². The van der Waals surface area contributed by atoms with E-state index < -0.39 is 11.9 Å². The van der Waals surface area contributed by atoms with Crippen molar-refractivity contribution in [1.29, 1.82) is 0 Å². The van der Waals surface area contributed by atoms with E-state index >= 15 is 0 Å². The van der Waals surface area contributed by atoms with Crippen molar-refractivity contribution in [2.75, 3.05) is 6.54 Å². The number of aryl methyl sites for hydroxylation is 1. The first-order valence-electron chi connectivity index (χ1n) is 6.78. The Morgan fingerprint density at radius 3 is 2.79 bits per heavy atom. The van der Waals surface area contributed by atoms with Crippen molar-refractivity contribution in [3.8, 4) is 0 Å². The molecule has 3 rings (SSSR count). The highest BCUT2D eigenvalue weighted by Gasteiger charge is 2.37. The fraction of sp³-hybridized carbons (Fsp3) is 0.467. The molecular weight excluding hydrogens is 242 g/mol. The molecular formula is C15H17NO3. The number of benzene rings is 1. The predicted molar refractivity (Wildman–Crippen MR) is 69.9 cm³/mol. The highest BCUT2D eigenvalue weighted by Crippen LogP contribution is 2.30. The van der Waals surface area contributed by atoms with Crippen LogP contribution in [0.4, 0.5) is 0 Å². The zero-order chi connectivity index (χ0) is 13.4. The number of carbonyl (C=O) groups excluding carboxylic acids is 1. The maximum atomic E-state index is 12.6. The number of fused-ring (bicyclic) bond motifs is 2. The molecule has 0 aliphatic carbocycles. The molecule has 0 bridgehead atoms. The average molecular weight is 259 g/mol. The minimum Gasteiger partial charge on any atom is -0.481 e. The Bertz CT molecular complexity index is 526. The lowest BCUT2D eigenvalue weighted by Crippen LogP contribution is -2.47. The summed E-state index contributed by atoms with van der Waals surface area (Å²) in [6.45, 7) is 0.354. The van der Waals surface area contributed by atoms with E-state index in [1.54, 1.807) is 4.90 Å². The first kappa shape index (κ1) is 12.2. The molecule has 1 amide bonds. The highest BCUT2D eigenvalue weighted by molar-refractivity contribution is 5.96. The lowest BCUT2D eigenvalue weighted by molar-refractivity contribution is -0.143. The summed E-state index contributed by atoms with van der Waals surface area (Å²) in [7, 11) is 0. The number of carbonyl (C=O) groups is 2. The highest BCUT2D eigenvalue weighted by atomic mass is 16.4. The fourth-order valence-electron chi connectivity index (χ4n) is 3.20. The number of hydrogen-bond acceptors (Lipinski definition) is 2. The molecule has 0 radical (unpaired) electrons. The van der Waals surface area contributed by atoms with E-state index in [0.29, 0.717) is 13.0 Å². The Labute approximate surface area is 112 Å². The van der Waals surface area contributed by atoms with Crippen LogP contribution in [0.2, 0.25) is 0 Å². The molecule has 0 aromatic heterocycles. The van der Waals surface area contributed by atoms with Gasteiger partial charge in [0.15, 0.2) is 0 Å². The van der Waals surface area contributed by atoms with Crippen molar-refractivity contribution in [3.05, 3.63) is 35.4 Å². The quantitative estimate of drug-likeness (QED) is 0.838. The molecule has 0 saturated carbocycles. The van der Waals surface area contributed by atoms with Gasteiger partial charge in [0, 0.05) is 18.2 Å². The number of piperidine rings is 1. The number of aliphatic carboxylic acids is 1. The molecule has 1 N–H and O–H groups in total. The predicted octanol–water partition coefficient (Wildman–Crippen LogP) is 1.94. The van der Waals surface area contributed by atoms with Gasteiger partial charge in [-0.1, -0.05) is 18.2 Å². The van der Waals surface area contributed by atoms with Crippen molar-refractivity contribution >= 4 is 11.9 Å². The molecule has 1 fully saturated rings. The summed E-state index contributed by atoms with van der Waals surface area (Å²) in [6.07, 6.45) is 3.33. The molecule has 100 valence electrons. The zero-order valence-corrected chi connectivity index (χ0v) is 10.7. The standard InChI is InChI=1S/C15H17NO3/c17-14-13-4-2-1-3-10(13)5-7-12-8-6-11(15(18)19)9-16(12)14/h1-4,11-12H,5-9H2,(H,18,19)/t11-,12+/m0/s1. The van der Waals surface area contributed by atoms with Crippen molar-refractivity contribution in [3.63, 3.8) is 0 Å². The van der Waals surface area contributed by atoms with Crippen LogP contribution in [0.15, 0.2) is 24.3 Å². The lowest BCUT2D eigenvalue weighted by Gasteiger charge is -2.37. The van der Waals surface area contributed by atoms with Gasteiger partial charge in [0.05, 0.1) is 5.92 Å². The summed E-state index contributed by atoms with van der Waals surface area (Å²) in [5.74, 6) is -1.20. The molecule has 4 nitrogen and oxygen atoms in total. The van der Waals surface area contributed by atoms with E-state index in [9.17, 15) is 9.59 Å². The third-order valence-corrected chi connectivity index (χ3v) is 4.31. The van der Waals surface area contributed by atoms with Gasteiger partial charge in [-0.15, -0.1) is 0 Å². The van der Waals surface area contributed by atoms with Gasteiger partial charge in [-0.3, -0.25) is 9.59 Å². The lowest BCUT2D eigenvalue weighted by atomic mass is 9.91. The average Bonchev–Trinajstić information content (AvgIpc) is 2.57. The van der Waals surface area contributed by atoms with Gasteiger partial charge in [0.2, 0.25) is 0 Å². The van der Waals surface area contributed by atoms with Crippen molar-refractivity contribution < 1.29 is 14.7 Å². The van der Waals surface area contributed by atoms with Gasteiger partial charge in [-0.05, 0) is 37.3 Å². The van der Waals surface area contributed by atoms with Gasteiger partial charge in [-0.2, -0.15) is 0 Å². The Hall–Kier alpha value is -1.84. The number of carboxylic acid groups (broad SMARTS) is 1. The maximum absolute atomic E-state index is 12.6. The number of nitrogens with zero attached hydrogens (tertiary/aromatic N) is 1. The summed E-state index contributed by atoms with van der Waals surface area (Å²) in [4.78, 5) is 25.5. The third kappa shape index (κ3) is 2.11. The van der Waals surface area contributed by atoms with Gasteiger partial charge >= 0.3 is 5.97 Å². The van der Waals surface area contributed by atoms with Crippen molar-refractivity contribution in [2.24, 2.45) is 5.92 Å². The minimum absolute atomic E-state index is 0.00375. The molecule has 2 aliphatic rings. The number of amides is 1. The van der Waals surface area contributed by atoms with Crippen LogP contribution < -0.4 is 0 Å². The van der Waals surface area contributed by atoms with Gasteiger partial charge in [0.25, 0.3) is 5.91 Å². The normalized spacial score (nSPS) is 26.3. The Morgan fingerprint density at radius 2 is 2.00 bits per heavy atom. The van der Waals surface area contributed by atoms with Crippen LogP contribution in [-0.4, -0.2) is 34.5 Å². The van der Waals surface area contributed by atoms with Crippen LogP contribution in [0.1, 0.15) is 35.2 Å². The summed E-state index contributed by atoms with van der Waals surface area (Å²) in [5, 5.41) is 9.14. The molecule has 2 heterocycles. The monoisotopic (exact) mass is 259 g/mol. The van der Waals surface area contributed by atoms with E-state index in [1.165, 1.54) is 0 Å².